The molecule has 1 heterocycles. The minimum atomic E-state index is -5.87. The number of benzene rings is 1. The predicted octanol–water partition coefficient (Wildman–Crippen LogP) is 3.84. The minimum absolute atomic E-state index is 0.0376. The molecule has 1 aliphatic rings. The first-order chi connectivity index (χ1) is 13.5. The van der Waals surface area contributed by atoms with Crippen LogP contribution in [0.4, 0.5) is 26.7 Å². The molecule has 0 saturated heterocycles. The van der Waals surface area contributed by atoms with Crippen LogP contribution >= 0.6 is 0 Å². The zero-order valence-electron chi connectivity index (χ0n) is 15.5. The summed E-state index contributed by atoms with van der Waals surface area (Å²) in [4.78, 5) is 24.3. The maximum Gasteiger partial charge on any atom is 0.456 e. The van der Waals surface area contributed by atoms with Crippen molar-refractivity contribution in [2.75, 3.05) is 13.2 Å². The number of para-hydroxylation sites is 1. The van der Waals surface area contributed by atoms with Gasteiger partial charge in [-0.1, -0.05) is 25.1 Å². The second-order valence-electron chi connectivity index (χ2n) is 6.23. The Balaban J connectivity index is 2.34. The number of carbonyl (C=O) groups is 2. The molecule has 6 nitrogen and oxygen atoms in total. The summed E-state index contributed by atoms with van der Waals surface area (Å²) in [6.45, 7) is 1.32. The Kier molecular flexibility index (Phi) is 6.70. The zero-order chi connectivity index (χ0) is 21.8. The third-order valence-corrected chi connectivity index (χ3v) is 3.98. The SMILES string of the molecule is CCCOc1ccccc1[C@H]1NC(=O)NC(C)=C1C(=O)OCC(F)(F)C(F)(F)F. The Morgan fingerprint density at radius 3 is 2.45 bits per heavy atom. The van der Waals surface area contributed by atoms with Gasteiger partial charge < -0.3 is 20.1 Å². The molecule has 29 heavy (non-hydrogen) atoms. The lowest BCUT2D eigenvalue weighted by molar-refractivity contribution is -0.293. The van der Waals surface area contributed by atoms with Gasteiger partial charge in [-0.25, -0.2) is 9.59 Å². The number of ether oxygens (including phenoxy) is 2. The number of esters is 1. The van der Waals surface area contributed by atoms with Gasteiger partial charge in [-0.15, -0.1) is 0 Å². The zero-order valence-corrected chi connectivity index (χ0v) is 15.5. The van der Waals surface area contributed by atoms with Crippen molar-refractivity contribution < 1.29 is 41.0 Å². The highest BCUT2D eigenvalue weighted by Crippen LogP contribution is 2.37. The Morgan fingerprint density at radius 1 is 1.17 bits per heavy atom. The number of rotatable bonds is 7. The molecule has 2 N–H and O–H groups in total. The Bertz CT molecular complexity index is 808. The van der Waals surface area contributed by atoms with Gasteiger partial charge in [0.1, 0.15) is 5.75 Å². The molecule has 2 rings (SSSR count). The maximum absolute atomic E-state index is 13.1. The number of halogens is 5. The number of urea groups is 1. The first kappa shape index (κ1) is 22.4. The summed E-state index contributed by atoms with van der Waals surface area (Å²) in [5.41, 5.74) is -0.0239. The van der Waals surface area contributed by atoms with Gasteiger partial charge >= 0.3 is 24.1 Å². The second-order valence-corrected chi connectivity index (χ2v) is 6.23. The third kappa shape index (κ3) is 5.15. The van der Waals surface area contributed by atoms with Gasteiger partial charge in [0.05, 0.1) is 18.2 Å². The van der Waals surface area contributed by atoms with E-state index in [2.05, 4.69) is 15.4 Å². The maximum atomic E-state index is 13.1. The van der Waals surface area contributed by atoms with Gasteiger partial charge in [-0.3, -0.25) is 0 Å². The van der Waals surface area contributed by atoms with Crippen LogP contribution in [0.3, 0.4) is 0 Å². The molecule has 0 fully saturated rings. The normalized spacial score (nSPS) is 17.5. The standard InChI is InChI=1S/C18H19F5N2O4/c1-3-8-28-12-7-5-4-6-11(12)14-13(10(2)24-16(27)25-14)15(26)29-9-17(19,20)18(21,22)23/h4-7,14H,3,8-9H2,1-2H3,(H2,24,25,27)/t14-/m1/s1. The number of carbonyl (C=O) groups excluding carboxylic acids is 2. The highest BCUT2D eigenvalue weighted by Gasteiger charge is 2.58. The molecule has 1 aromatic rings. The highest BCUT2D eigenvalue weighted by molar-refractivity contribution is 5.95. The van der Waals surface area contributed by atoms with Crippen LogP contribution < -0.4 is 15.4 Å². The number of hydrogen-bond donors (Lipinski definition) is 2. The van der Waals surface area contributed by atoms with E-state index in [4.69, 9.17) is 4.74 Å². The van der Waals surface area contributed by atoms with Crippen molar-refractivity contribution >= 4 is 12.0 Å². The van der Waals surface area contributed by atoms with Gasteiger partial charge in [0.25, 0.3) is 0 Å². The molecule has 160 valence electrons. The second kappa shape index (κ2) is 8.66. The fourth-order valence-corrected chi connectivity index (χ4v) is 2.58. The van der Waals surface area contributed by atoms with E-state index in [0.717, 1.165) is 0 Å². The van der Waals surface area contributed by atoms with Crippen LogP contribution in [0.2, 0.25) is 0 Å². The number of amides is 2. The van der Waals surface area contributed by atoms with E-state index < -0.39 is 36.7 Å². The summed E-state index contributed by atoms with van der Waals surface area (Å²) >= 11 is 0. The molecule has 0 bridgehead atoms. The number of alkyl halides is 5. The Morgan fingerprint density at radius 2 is 1.83 bits per heavy atom. The highest BCUT2D eigenvalue weighted by atomic mass is 19.4. The molecule has 0 saturated carbocycles. The molecule has 1 aliphatic heterocycles. The van der Waals surface area contributed by atoms with Gasteiger partial charge in [0.15, 0.2) is 6.61 Å². The first-order valence-corrected chi connectivity index (χ1v) is 8.59. The van der Waals surface area contributed by atoms with E-state index in [0.29, 0.717) is 24.3 Å². The summed E-state index contributed by atoms with van der Waals surface area (Å²) in [6.07, 6.45) is -5.20. The van der Waals surface area contributed by atoms with E-state index in [-0.39, 0.29) is 11.3 Å². The van der Waals surface area contributed by atoms with Crippen molar-refractivity contribution in [3.8, 4) is 5.75 Å². The average molecular weight is 422 g/mol. The van der Waals surface area contributed by atoms with Crippen LogP contribution in [0.1, 0.15) is 31.9 Å². The van der Waals surface area contributed by atoms with E-state index in [1.54, 1.807) is 18.2 Å². The fraction of sp³-hybridized carbons (Fsp3) is 0.444. The molecule has 1 aromatic carbocycles. The summed E-state index contributed by atoms with van der Waals surface area (Å²) in [7, 11) is 0. The number of nitrogens with one attached hydrogen (secondary N) is 2. The Hall–Kier alpha value is -2.85. The van der Waals surface area contributed by atoms with E-state index in [1.165, 1.54) is 13.0 Å². The molecule has 0 aromatic heterocycles. The van der Waals surface area contributed by atoms with Crippen molar-refractivity contribution in [2.45, 2.75) is 38.4 Å². The van der Waals surface area contributed by atoms with E-state index >= 15 is 0 Å². The van der Waals surface area contributed by atoms with Gasteiger partial charge in [-0.2, -0.15) is 22.0 Å². The van der Waals surface area contributed by atoms with Crippen LogP contribution in [0, 0.1) is 0 Å². The van der Waals surface area contributed by atoms with Crippen molar-refractivity contribution in [3.05, 3.63) is 41.1 Å². The fourth-order valence-electron chi connectivity index (χ4n) is 2.58. The van der Waals surface area contributed by atoms with Gasteiger partial charge in [0.2, 0.25) is 0 Å². The largest absolute Gasteiger partial charge is 0.493 e. The van der Waals surface area contributed by atoms with Crippen LogP contribution in [0.15, 0.2) is 35.5 Å². The lowest BCUT2D eigenvalue weighted by Crippen LogP contribution is -2.46. The molecule has 1 atom stereocenters. The van der Waals surface area contributed by atoms with Crippen LogP contribution in [-0.4, -0.2) is 37.3 Å². The van der Waals surface area contributed by atoms with Crippen LogP contribution in [0.5, 0.6) is 5.75 Å². The molecule has 0 radical (unpaired) electrons. The summed E-state index contributed by atoms with van der Waals surface area (Å²) < 4.78 is 73.1. The third-order valence-electron chi connectivity index (χ3n) is 3.98. The number of hydrogen-bond acceptors (Lipinski definition) is 4. The van der Waals surface area contributed by atoms with Crippen molar-refractivity contribution in [1.29, 1.82) is 0 Å². The summed E-state index contributed by atoms with van der Waals surface area (Å²) in [5.74, 6) is -6.31. The van der Waals surface area contributed by atoms with Crippen LogP contribution in [0.25, 0.3) is 0 Å². The smallest absolute Gasteiger partial charge is 0.456 e. The molecular weight excluding hydrogens is 403 g/mol. The monoisotopic (exact) mass is 422 g/mol. The Labute approximate surface area is 163 Å². The lowest BCUT2D eigenvalue weighted by atomic mass is 9.95. The van der Waals surface area contributed by atoms with E-state index in [9.17, 15) is 31.5 Å². The van der Waals surface area contributed by atoms with Crippen LogP contribution in [-0.2, 0) is 9.53 Å². The molecule has 11 heteroatoms. The topological polar surface area (TPSA) is 76.7 Å². The summed E-state index contributed by atoms with van der Waals surface area (Å²) in [5, 5.41) is 4.72. The van der Waals surface area contributed by atoms with Gasteiger partial charge in [-0.05, 0) is 19.4 Å². The molecular formula is C18H19F5N2O4. The van der Waals surface area contributed by atoms with Crippen molar-refractivity contribution in [2.24, 2.45) is 0 Å². The summed E-state index contributed by atoms with van der Waals surface area (Å²) in [6, 6.07) is 4.51. The molecule has 0 spiro atoms. The minimum Gasteiger partial charge on any atom is -0.493 e. The van der Waals surface area contributed by atoms with Crippen molar-refractivity contribution in [3.63, 3.8) is 0 Å². The quantitative estimate of drug-likeness (QED) is 0.517. The molecule has 0 aliphatic carbocycles. The lowest BCUT2D eigenvalue weighted by Gasteiger charge is -2.29. The first-order valence-electron chi connectivity index (χ1n) is 8.59. The van der Waals surface area contributed by atoms with Crippen molar-refractivity contribution in [1.82, 2.24) is 10.6 Å². The van der Waals surface area contributed by atoms with Gasteiger partial charge in [0, 0.05) is 11.3 Å². The average Bonchev–Trinajstić information content (AvgIpc) is 2.63. The number of allylic oxidation sites excluding steroid dienone is 1. The molecule has 0 unspecified atom stereocenters. The predicted molar refractivity (Wildman–Crippen MR) is 91.3 cm³/mol. The van der Waals surface area contributed by atoms with E-state index in [1.807, 2.05) is 6.92 Å². The molecule has 2 amide bonds.